The molecule has 21 heavy (non-hydrogen) atoms. The van der Waals surface area contributed by atoms with E-state index in [4.69, 9.17) is 0 Å². The minimum absolute atomic E-state index is 0.0993. The van der Waals surface area contributed by atoms with Gasteiger partial charge in [-0.05, 0) is 74.1 Å². The molecule has 118 valence electrons. The second-order valence-electron chi connectivity index (χ2n) is 7.44. The fourth-order valence-corrected chi connectivity index (χ4v) is 3.47. The van der Waals surface area contributed by atoms with E-state index in [0.717, 1.165) is 18.5 Å². The second kappa shape index (κ2) is 6.91. The van der Waals surface area contributed by atoms with Gasteiger partial charge < -0.3 is 5.32 Å². The van der Waals surface area contributed by atoms with E-state index in [1.54, 1.807) is 6.07 Å². The molecule has 0 amide bonds. The van der Waals surface area contributed by atoms with Crippen LogP contribution in [-0.4, -0.2) is 6.54 Å². The van der Waals surface area contributed by atoms with Crippen molar-refractivity contribution in [2.75, 3.05) is 6.54 Å². The van der Waals surface area contributed by atoms with E-state index in [9.17, 15) is 4.39 Å². The predicted molar refractivity (Wildman–Crippen MR) is 87.9 cm³/mol. The van der Waals surface area contributed by atoms with E-state index in [1.807, 2.05) is 19.1 Å². The number of benzene rings is 1. The number of hydrogen-bond acceptors (Lipinski definition) is 1. The standard InChI is InChI=1S/C19H30FN/c1-5-12-21-18(15-8-10-19(3,4)11-9-15)16-6-7-17(20)14(2)13-16/h6-7,13,15,18,21H,5,8-12H2,1-4H3. The van der Waals surface area contributed by atoms with Crippen LogP contribution in [0, 0.1) is 24.1 Å². The fraction of sp³-hybridized carbons (Fsp3) is 0.684. The molecule has 0 heterocycles. The maximum absolute atomic E-state index is 13.5. The molecule has 0 aromatic heterocycles. The maximum atomic E-state index is 13.5. The average molecular weight is 291 g/mol. The van der Waals surface area contributed by atoms with Crippen molar-refractivity contribution in [3.05, 3.63) is 35.1 Å². The molecule has 0 spiro atoms. The summed E-state index contributed by atoms with van der Waals surface area (Å²) in [7, 11) is 0. The first-order valence-electron chi connectivity index (χ1n) is 8.42. The van der Waals surface area contributed by atoms with Crippen molar-refractivity contribution in [2.45, 2.75) is 65.8 Å². The smallest absolute Gasteiger partial charge is 0.126 e. The van der Waals surface area contributed by atoms with Gasteiger partial charge in [-0.2, -0.15) is 0 Å². The van der Waals surface area contributed by atoms with Crippen LogP contribution >= 0.6 is 0 Å². The summed E-state index contributed by atoms with van der Waals surface area (Å²) in [6, 6.07) is 6.00. The molecule has 2 rings (SSSR count). The van der Waals surface area contributed by atoms with Gasteiger partial charge in [0, 0.05) is 6.04 Å². The van der Waals surface area contributed by atoms with Gasteiger partial charge in [0.05, 0.1) is 0 Å². The Kier molecular flexibility index (Phi) is 5.43. The minimum Gasteiger partial charge on any atom is -0.310 e. The topological polar surface area (TPSA) is 12.0 Å². The summed E-state index contributed by atoms with van der Waals surface area (Å²) >= 11 is 0. The second-order valence-corrected chi connectivity index (χ2v) is 7.44. The number of hydrogen-bond donors (Lipinski definition) is 1. The number of halogens is 1. The van der Waals surface area contributed by atoms with Gasteiger partial charge in [0.2, 0.25) is 0 Å². The first kappa shape index (κ1) is 16.5. The molecule has 1 aliphatic carbocycles. The van der Waals surface area contributed by atoms with Crippen molar-refractivity contribution in [2.24, 2.45) is 11.3 Å². The molecular weight excluding hydrogens is 261 g/mol. The van der Waals surface area contributed by atoms with Crippen LogP contribution in [0.1, 0.15) is 70.0 Å². The highest BCUT2D eigenvalue weighted by atomic mass is 19.1. The van der Waals surface area contributed by atoms with Crippen LogP contribution in [0.3, 0.4) is 0 Å². The van der Waals surface area contributed by atoms with Crippen LogP contribution in [0.15, 0.2) is 18.2 Å². The fourth-order valence-electron chi connectivity index (χ4n) is 3.47. The van der Waals surface area contributed by atoms with Gasteiger partial charge in [-0.1, -0.05) is 32.9 Å². The van der Waals surface area contributed by atoms with E-state index in [-0.39, 0.29) is 5.82 Å². The molecule has 1 fully saturated rings. The molecule has 0 saturated heterocycles. The van der Waals surface area contributed by atoms with E-state index in [1.165, 1.54) is 31.2 Å². The molecule has 1 aromatic carbocycles. The molecule has 1 nitrogen and oxygen atoms in total. The number of aryl methyl sites for hydroxylation is 1. The van der Waals surface area contributed by atoms with Crippen molar-refractivity contribution >= 4 is 0 Å². The maximum Gasteiger partial charge on any atom is 0.126 e. The number of rotatable bonds is 5. The summed E-state index contributed by atoms with van der Waals surface area (Å²) in [6.07, 6.45) is 6.26. The Labute approximate surface area is 129 Å². The van der Waals surface area contributed by atoms with Crippen LogP contribution < -0.4 is 5.32 Å². The first-order valence-corrected chi connectivity index (χ1v) is 8.42. The van der Waals surface area contributed by atoms with E-state index >= 15 is 0 Å². The van der Waals surface area contributed by atoms with E-state index in [0.29, 0.717) is 17.4 Å². The van der Waals surface area contributed by atoms with Crippen molar-refractivity contribution in [3.8, 4) is 0 Å². The highest BCUT2D eigenvalue weighted by Crippen LogP contribution is 2.42. The molecule has 0 bridgehead atoms. The highest BCUT2D eigenvalue weighted by Gasteiger charge is 2.31. The lowest BCUT2D eigenvalue weighted by atomic mass is 9.70. The Hall–Kier alpha value is -0.890. The molecule has 1 unspecified atom stereocenters. The molecule has 1 saturated carbocycles. The van der Waals surface area contributed by atoms with E-state index < -0.39 is 0 Å². The normalized spacial score (nSPS) is 20.4. The van der Waals surface area contributed by atoms with Gasteiger partial charge in [0.1, 0.15) is 5.82 Å². The lowest BCUT2D eigenvalue weighted by Crippen LogP contribution is -2.33. The van der Waals surface area contributed by atoms with Crippen LogP contribution in [0.4, 0.5) is 4.39 Å². The van der Waals surface area contributed by atoms with Crippen molar-refractivity contribution in [3.63, 3.8) is 0 Å². The van der Waals surface area contributed by atoms with Gasteiger partial charge in [-0.3, -0.25) is 0 Å². The van der Waals surface area contributed by atoms with E-state index in [2.05, 4.69) is 26.1 Å². The molecule has 2 heteroatoms. The van der Waals surface area contributed by atoms with Gasteiger partial charge in [0.15, 0.2) is 0 Å². The molecule has 0 aliphatic heterocycles. The lowest BCUT2D eigenvalue weighted by molar-refractivity contribution is 0.161. The molecule has 1 N–H and O–H groups in total. The third-order valence-electron chi connectivity index (χ3n) is 5.01. The summed E-state index contributed by atoms with van der Waals surface area (Å²) < 4.78 is 13.5. The third kappa shape index (κ3) is 4.29. The largest absolute Gasteiger partial charge is 0.310 e. The molecule has 0 radical (unpaired) electrons. The van der Waals surface area contributed by atoms with Gasteiger partial charge >= 0.3 is 0 Å². The number of nitrogens with one attached hydrogen (secondary N) is 1. The summed E-state index contributed by atoms with van der Waals surface area (Å²) in [5.41, 5.74) is 2.50. The zero-order chi connectivity index (χ0) is 15.5. The Morgan fingerprint density at radius 2 is 1.95 bits per heavy atom. The van der Waals surface area contributed by atoms with Gasteiger partial charge in [-0.25, -0.2) is 4.39 Å². The third-order valence-corrected chi connectivity index (χ3v) is 5.01. The zero-order valence-electron chi connectivity index (χ0n) is 14.0. The summed E-state index contributed by atoms with van der Waals surface area (Å²) in [6.45, 7) is 9.84. The highest BCUT2D eigenvalue weighted by molar-refractivity contribution is 5.27. The molecule has 1 aromatic rings. The van der Waals surface area contributed by atoms with Crippen LogP contribution in [0.2, 0.25) is 0 Å². The Morgan fingerprint density at radius 3 is 2.52 bits per heavy atom. The summed E-state index contributed by atoms with van der Waals surface area (Å²) in [4.78, 5) is 0. The average Bonchev–Trinajstić information content (AvgIpc) is 2.44. The summed E-state index contributed by atoms with van der Waals surface area (Å²) in [5, 5.41) is 3.71. The zero-order valence-corrected chi connectivity index (χ0v) is 14.0. The van der Waals surface area contributed by atoms with Crippen molar-refractivity contribution < 1.29 is 4.39 Å². The van der Waals surface area contributed by atoms with Crippen molar-refractivity contribution in [1.82, 2.24) is 5.32 Å². The summed E-state index contributed by atoms with van der Waals surface area (Å²) in [5.74, 6) is 0.576. The quantitative estimate of drug-likeness (QED) is 0.766. The Morgan fingerprint density at radius 1 is 1.29 bits per heavy atom. The Balaban J connectivity index is 2.16. The van der Waals surface area contributed by atoms with Crippen LogP contribution in [0.5, 0.6) is 0 Å². The molecule has 1 aliphatic rings. The minimum atomic E-state index is -0.0993. The predicted octanol–water partition coefficient (Wildman–Crippen LogP) is 5.39. The van der Waals surface area contributed by atoms with Crippen molar-refractivity contribution in [1.29, 1.82) is 0 Å². The Bertz CT molecular complexity index is 457. The molecule has 1 atom stereocenters. The SMILES string of the molecule is CCCNC(c1ccc(F)c(C)c1)C1CCC(C)(C)CC1. The molecular formula is C19H30FN. The monoisotopic (exact) mass is 291 g/mol. The van der Waals surface area contributed by atoms with Crippen LogP contribution in [-0.2, 0) is 0 Å². The van der Waals surface area contributed by atoms with Gasteiger partial charge in [-0.15, -0.1) is 0 Å². The lowest BCUT2D eigenvalue weighted by Gasteiger charge is -2.38. The van der Waals surface area contributed by atoms with Gasteiger partial charge in [0.25, 0.3) is 0 Å². The first-order chi connectivity index (χ1) is 9.93. The van der Waals surface area contributed by atoms with Crippen LogP contribution in [0.25, 0.3) is 0 Å².